The third-order valence-electron chi connectivity index (χ3n) is 5.98. The lowest BCUT2D eigenvalue weighted by atomic mass is 10.0. The maximum absolute atomic E-state index is 9.07. The maximum atomic E-state index is 9.07. The number of unbranched alkanes of at least 4 members (excludes halogenated alkanes) is 15. The van der Waals surface area contributed by atoms with Crippen LogP contribution >= 0.6 is 0 Å². The highest BCUT2D eigenvalue weighted by Crippen LogP contribution is 2.14. The van der Waals surface area contributed by atoms with E-state index in [1.807, 2.05) is 6.08 Å². The summed E-state index contributed by atoms with van der Waals surface area (Å²) in [4.78, 5) is 0. The quantitative estimate of drug-likeness (QED) is 0.119. The number of aliphatic hydroxyl groups is 1. The fraction of sp³-hybridized carbons (Fsp3) is 0.920. The van der Waals surface area contributed by atoms with Crippen LogP contribution in [0.1, 0.15) is 116 Å². The first-order chi connectivity index (χ1) is 13.2. The molecule has 2 heteroatoms. The van der Waals surface area contributed by atoms with Crippen molar-refractivity contribution in [1.29, 1.82) is 0 Å². The second kappa shape index (κ2) is 20.4. The summed E-state index contributed by atoms with van der Waals surface area (Å²) in [6.45, 7) is 9.83. The first kappa shape index (κ1) is 26.7. The number of aliphatic hydroxyl groups excluding tert-OH is 1. The molecule has 0 radical (unpaired) electrons. The molecule has 0 aromatic carbocycles. The molecule has 0 bridgehead atoms. The molecule has 0 saturated carbocycles. The van der Waals surface area contributed by atoms with Crippen molar-refractivity contribution in [3.63, 3.8) is 0 Å². The third kappa shape index (κ3) is 18.8. The highest BCUT2D eigenvalue weighted by atomic mass is 16.3. The molecule has 1 unspecified atom stereocenters. The second-order valence-corrected chi connectivity index (χ2v) is 8.92. The molecule has 0 aliphatic heterocycles. The van der Waals surface area contributed by atoms with Gasteiger partial charge in [-0.3, -0.25) is 0 Å². The Bertz CT molecular complexity index is 305. The van der Waals surface area contributed by atoms with E-state index in [4.69, 9.17) is 5.11 Å². The molecule has 0 saturated heterocycles. The smallest absolute Gasteiger partial charge is 0.0969 e. The molecule has 0 heterocycles. The average molecular weight is 383 g/mol. The second-order valence-electron chi connectivity index (χ2n) is 8.92. The van der Waals surface area contributed by atoms with Crippen LogP contribution in [0.3, 0.4) is 0 Å². The van der Waals surface area contributed by atoms with Gasteiger partial charge in [0.2, 0.25) is 0 Å². The summed E-state index contributed by atoms with van der Waals surface area (Å²) < 4.78 is 1.04. The Labute approximate surface area is 172 Å². The van der Waals surface area contributed by atoms with E-state index in [-0.39, 0.29) is 0 Å². The molecule has 0 fully saturated rings. The molecular weight excluding hydrogens is 330 g/mol. The molecule has 1 N–H and O–H groups in total. The van der Waals surface area contributed by atoms with Crippen LogP contribution in [-0.2, 0) is 0 Å². The van der Waals surface area contributed by atoms with E-state index in [0.29, 0.717) is 6.61 Å². The fourth-order valence-corrected chi connectivity index (χ4v) is 4.10. The minimum absolute atomic E-state index is 0.309. The third-order valence-corrected chi connectivity index (χ3v) is 5.98. The van der Waals surface area contributed by atoms with E-state index in [0.717, 1.165) is 24.0 Å². The minimum atomic E-state index is 0.309. The van der Waals surface area contributed by atoms with E-state index in [9.17, 15) is 0 Å². The highest BCUT2D eigenvalue weighted by molar-refractivity contribution is 4.65. The zero-order chi connectivity index (χ0) is 20.1. The fourth-order valence-electron chi connectivity index (χ4n) is 4.10. The van der Waals surface area contributed by atoms with Crippen LogP contribution in [0.15, 0.2) is 12.7 Å². The van der Waals surface area contributed by atoms with E-state index >= 15 is 0 Å². The van der Waals surface area contributed by atoms with E-state index in [1.165, 1.54) is 109 Å². The first-order valence-corrected chi connectivity index (χ1v) is 12.2. The summed E-state index contributed by atoms with van der Waals surface area (Å²) in [5.74, 6) is 0. The van der Waals surface area contributed by atoms with Gasteiger partial charge in [-0.2, -0.15) is 0 Å². The van der Waals surface area contributed by atoms with Gasteiger partial charge in [0.05, 0.1) is 26.7 Å². The van der Waals surface area contributed by atoms with Crippen molar-refractivity contribution in [2.45, 2.75) is 116 Å². The van der Waals surface area contributed by atoms with Gasteiger partial charge in [0.1, 0.15) is 0 Å². The van der Waals surface area contributed by atoms with Gasteiger partial charge >= 0.3 is 0 Å². The normalized spacial score (nSPS) is 13.6. The van der Waals surface area contributed by atoms with Gasteiger partial charge in [-0.25, -0.2) is 0 Å². The van der Waals surface area contributed by atoms with Crippen molar-refractivity contribution in [3.05, 3.63) is 12.7 Å². The SMILES string of the molecule is C=CC[N+](C)(CCCO)CCCCCCCCCCCCCCCCCC. The van der Waals surface area contributed by atoms with Crippen molar-refractivity contribution in [2.24, 2.45) is 0 Å². The number of rotatable bonds is 22. The number of hydrogen-bond donors (Lipinski definition) is 1. The Morgan fingerprint density at radius 3 is 1.37 bits per heavy atom. The van der Waals surface area contributed by atoms with E-state index in [2.05, 4.69) is 20.6 Å². The lowest BCUT2D eigenvalue weighted by molar-refractivity contribution is -0.904. The molecule has 1 atom stereocenters. The monoisotopic (exact) mass is 382 g/mol. The van der Waals surface area contributed by atoms with Crippen molar-refractivity contribution in [1.82, 2.24) is 0 Å². The van der Waals surface area contributed by atoms with Crippen LogP contribution in [0.4, 0.5) is 0 Å². The number of hydrogen-bond acceptors (Lipinski definition) is 1. The van der Waals surface area contributed by atoms with Crippen molar-refractivity contribution >= 4 is 0 Å². The van der Waals surface area contributed by atoms with Crippen LogP contribution < -0.4 is 0 Å². The maximum Gasteiger partial charge on any atom is 0.0969 e. The topological polar surface area (TPSA) is 20.2 Å². The molecule has 0 aromatic heterocycles. The molecular formula is C25H52NO+. The molecule has 27 heavy (non-hydrogen) atoms. The first-order valence-electron chi connectivity index (χ1n) is 12.2. The minimum Gasteiger partial charge on any atom is -0.396 e. The Morgan fingerprint density at radius 2 is 1.00 bits per heavy atom. The molecule has 0 spiro atoms. The Balaban J connectivity index is 3.33. The molecule has 0 aliphatic rings. The molecule has 2 nitrogen and oxygen atoms in total. The van der Waals surface area contributed by atoms with Crippen molar-refractivity contribution in [3.8, 4) is 0 Å². The number of quaternary nitrogens is 1. The predicted octanol–water partition coefficient (Wildman–Crippen LogP) is 7.26. The van der Waals surface area contributed by atoms with Crippen molar-refractivity contribution < 1.29 is 9.59 Å². The predicted molar refractivity (Wildman–Crippen MR) is 122 cm³/mol. The zero-order valence-corrected chi connectivity index (χ0v) is 19.0. The van der Waals surface area contributed by atoms with Gasteiger partial charge in [-0.1, -0.05) is 103 Å². The van der Waals surface area contributed by atoms with Crippen LogP contribution in [0.2, 0.25) is 0 Å². The van der Waals surface area contributed by atoms with Crippen LogP contribution in [0, 0.1) is 0 Å². The van der Waals surface area contributed by atoms with Gasteiger partial charge in [0.25, 0.3) is 0 Å². The van der Waals surface area contributed by atoms with E-state index in [1.54, 1.807) is 0 Å². The highest BCUT2D eigenvalue weighted by Gasteiger charge is 2.18. The molecule has 0 rings (SSSR count). The average Bonchev–Trinajstić information content (AvgIpc) is 2.66. The number of nitrogens with zero attached hydrogens (tertiary/aromatic N) is 1. The summed E-state index contributed by atoms with van der Waals surface area (Å²) >= 11 is 0. The Hall–Kier alpha value is -0.340. The lowest BCUT2D eigenvalue weighted by Gasteiger charge is -2.33. The molecule has 162 valence electrons. The summed E-state index contributed by atoms with van der Waals surface area (Å²) in [6, 6.07) is 0. The summed E-state index contributed by atoms with van der Waals surface area (Å²) in [5.41, 5.74) is 0. The summed E-state index contributed by atoms with van der Waals surface area (Å²) in [5, 5.41) is 9.07. The molecule has 0 aliphatic carbocycles. The summed E-state index contributed by atoms with van der Waals surface area (Å²) in [7, 11) is 2.31. The Morgan fingerprint density at radius 1 is 0.630 bits per heavy atom. The Kier molecular flexibility index (Phi) is 20.1. The van der Waals surface area contributed by atoms with Crippen LogP contribution in [-0.4, -0.2) is 42.9 Å². The van der Waals surface area contributed by atoms with Gasteiger partial charge in [-0.15, -0.1) is 0 Å². The van der Waals surface area contributed by atoms with Crippen LogP contribution in [0.25, 0.3) is 0 Å². The molecule has 0 amide bonds. The van der Waals surface area contributed by atoms with Gasteiger partial charge < -0.3 is 9.59 Å². The van der Waals surface area contributed by atoms with Gasteiger partial charge in [-0.05, 0) is 18.9 Å². The largest absolute Gasteiger partial charge is 0.396 e. The lowest BCUT2D eigenvalue weighted by Crippen LogP contribution is -2.45. The standard InChI is InChI=1S/C25H52NO/c1-4-6-7-8-9-10-11-12-13-14-15-16-17-18-19-20-23-26(3,22-5-2)24-21-25-27/h5,27H,2,4,6-25H2,1,3H3/q+1. The van der Waals surface area contributed by atoms with Gasteiger partial charge in [0.15, 0.2) is 0 Å². The zero-order valence-electron chi connectivity index (χ0n) is 19.0. The van der Waals surface area contributed by atoms with Crippen molar-refractivity contribution in [2.75, 3.05) is 33.3 Å². The molecule has 0 aromatic rings. The summed E-state index contributed by atoms with van der Waals surface area (Å²) in [6.07, 6.45) is 25.7. The van der Waals surface area contributed by atoms with Gasteiger partial charge in [0, 0.05) is 13.0 Å². The number of likely N-dealkylation sites (N-methyl/N-ethyl adjacent to an activating group) is 1. The van der Waals surface area contributed by atoms with Crippen LogP contribution in [0.5, 0.6) is 0 Å². The van der Waals surface area contributed by atoms with E-state index < -0.39 is 0 Å².